The Hall–Kier alpha value is -1.39. The number of nitrogens with zero attached hydrogens (tertiary/aromatic N) is 1. The average molecular weight is 237 g/mol. The first kappa shape index (κ1) is 13.7. The van der Waals surface area contributed by atoms with Gasteiger partial charge in [-0.15, -0.1) is 0 Å². The third-order valence-corrected chi connectivity index (χ3v) is 2.60. The molecule has 0 aliphatic rings. The van der Waals surface area contributed by atoms with Gasteiger partial charge in [0.05, 0.1) is 13.2 Å². The smallest absolute Gasteiger partial charge is 0.328 e. The molecule has 0 heterocycles. The molecule has 4 heteroatoms. The second-order valence-corrected chi connectivity index (χ2v) is 4.32. The Labute approximate surface area is 102 Å². The molecule has 0 spiro atoms. The number of carbonyl (C=O) groups excluding carboxylic acids is 1. The van der Waals surface area contributed by atoms with E-state index in [1.54, 1.807) is 20.8 Å². The number of hydrogen-bond acceptors (Lipinski definition) is 4. The van der Waals surface area contributed by atoms with E-state index < -0.39 is 11.5 Å². The molecule has 17 heavy (non-hydrogen) atoms. The number of esters is 1. The van der Waals surface area contributed by atoms with E-state index in [2.05, 4.69) is 0 Å². The van der Waals surface area contributed by atoms with Gasteiger partial charge in [-0.05, 0) is 26.3 Å². The lowest BCUT2D eigenvalue weighted by atomic mass is 10.0. The molecule has 0 fully saturated rings. The van der Waals surface area contributed by atoms with E-state index in [1.165, 1.54) is 0 Å². The van der Waals surface area contributed by atoms with Crippen molar-refractivity contribution in [1.29, 1.82) is 0 Å². The lowest BCUT2D eigenvalue weighted by Crippen LogP contribution is -2.48. The van der Waals surface area contributed by atoms with Gasteiger partial charge in [0.15, 0.2) is 0 Å². The summed E-state index contributed by atoms with van der Waals surface area (Å²) < 4.78 is 4.92. The first-order valence-corrected chi connectivity index (χ1v) is 5.66. The van der Waals surface area contributed by atoms with E-state index >= 15 is 0 Å². The topological polar surface area (TPSA) is 49.8 Å². The largest absolute Gasteiger partial charge is 0.465 e. The van der Waals surface area contributed by atoms with Gasteiger partial charge in [-0.2, -0.15) is 5.06 Å². The van der Waals surface area contributed by atoms with Crippen LogP contribution >= 0.6 is 0 Å². The highest BCUT2D eigenvalue weighted by Gasteiger charge is 2.35. The Balaban J connectivity index is 2.69. The van der Waals surface area contributed by atoms with Crippen LogP contribution in [0.5, 0.6) is 0 Å². The van der Waals surface area contributed by atoms with E-state index in [0.29, 0.717) is 6.61 Å². The van der Waals surface area contributed by atoms with Crippen molar-refractivity contribution < 1.29 is 14.7 Å². The first-order valence-electron chi connectivity index (χ1n) is 5.66. The molecule has 0 aromatic heterocycles. The van der Waals surface area contributed by atoms with Crippen LogP contribution in [-0.2, 0) is 16.1 Å². The summed E-state index contributed by atoms with van der Waals surface area (Å²) in [5, 5.41) is 11.0. The Bertz CT molecular complexity index is 362. The maximum absolute atomic E-state index is 11.7. The van der Waals surface area contributed by atoms with Crippen LogP contribution in [0.1, 0.15) is 26.3 Å². The highest BCUT2D eigenvalue weighted by Crippen LogP contribution is 2.17. The molecule has 94 valence electrons. The van der Waals surface area contributed by atoms with Crippen LogP contribution in [0.15, 0.2) is 30.3 Å². The van der Waals surface area contributed by atoms with Crippen molar-refractivity contribution in [3.05, 3.63) is 35.9 Å². The normalized spacial score (nSPS) is 11.6. The Kier molecular flexibility index (Phi) is 4.66. The molecule has 0 saturated carbocycles. The molecule has 0 aliphatic carbocycles. The van der Waals surface area contributed by atoms with Crippen molar-refractivity contribution >= 4 is 5.97 Å². The highest BCUT2D eigenvalue weighted by atomic mass is 16.6. The lowest BCUT2D eigenvalue weighted by molar-refractivity contribution is -0.198. The van der Waals surface area contributed by atoms with Gasteiger partial charge in [-0.3, -0.25) is 0 Å². The molecule has 1 N–H and O–H groups in total. The van der Waals surface area contributed by atoms with Crippen LogP contribution < -0.4 is 0 Å². The summed E-state index contributed by atoms with van der Waals surface area (Å²) in [5.41, 5.74) is -0.112. The standard InChI is InChI=1S/C13H19NO3/c1-4-17-12(15)13(2,3)14(16)10-11-8-6-5-7-9-11/h5-9,16H,4,10H2,1-3H3. The second-order valence-electron chi connectivity index (χ2n) is 4.32. The van der Waals surface area contributed by atoms with Crippen LogP contribution in [-0.4, -0.2) is 28.4 Å². The lowest BCUT2D eigenvalue weighted by Gasteiger charge is -2.30. The average Bonchev–Trinajstić information content (AvgIpc) is 2.30. The molecule has 4 nitrogen and oxygen atoms in total. The molecule has 1 rings (SSSR count). The van der Waals surface area contributed by atoms with E-state index in [4.69, 9.17) is 4.74 Å². The number of benzene rings is 1. The quantitative estimate of drug-likeness (QED) is 0.630. The zero-order chi connectivity index (χ0) is 12.9. The predicted octanol–water partition coefficient (Wildman–Crippen LogP) is 2.22. The SMILES string of the molecule is CCOC(=O)C(C)(C)N(O)Cc1ccccc1. The fourth-order valence-electron chi connectivity index (χ4n) is 1.37. The number of hydrogen-bond donors (Lipinski definition) is 1. The van der Waals surface area contributed by atoms with Gasteiger partial charge in [0.25, 0.3) is 0 Å². The summed E-state index contributed by atoms with van der Waals surface area (Å²) in [6, 6.07) is 9.47. The van der Waals surface area contributed by atoms with Gasteiger partial charge >= 0.3 is 5.97 Å². The fourth-order valence-corrected chi connectivity index (χ4v) is 1.37. The van der Waals surface area contributed by atoms with E-state index in [-0.39, 0.29) is 6.54 Å². The minimum Gasteiger partial charge on any atom is -0.465 e. The first-order chi connectivity index (χ1) is 7.98. The molecule has 0 atom stereocenters. The van der Waals surface area contributed by atoms with Gasteiger partial charge < -0.3 is 9.94 Å². The molecule has 0 amide bonds. The maximum Gasteiger partial charge on any atom is 0.328 e. The van der Waals surface area contributed by atoms with E-state index in [1.807, 2.05) is 30.3 Å². The summed E-state index contributed by atoms with van der Waals surface area (Å²) in [6.45, 7) is 5.60. The maximum atomic E-state index is 11.7. The molecule has 0 saturated heterocycles. The van der Waals surface area contributed by atoms with Crippen LogP contribution in [0.25, 0.3) is 0 Å². The number of rotatable bonds is 5. The van der Waals surface area contributed by atoms with Gasteiger partial charge in [0, 0.05) is 0 Å². The molecular formula is C13H19NO3. The summed E-state index contributed by atoms with van der Waals surface area (Å²) in [7, 11) is 0. The number of hydroxylamine groups is 2. The molecule has 0 bridgehead atoms. The zero-order valence-corrected chi connectivity index (χ0v) is 10.5. The Morgan fingerprint density at radius 1 is 1.35 bits per heavy atom. The highest BCUT2D eigenvalue weighted by molar-refractivity contribution is 5.79. The van der Waals surface area contributed by atoms with Gasteiger partial charge in [0.2, 0.25) is 0 Å². The molecule has 0 aliphatic heterocycles. The Morgan fingerprint density at radius 2 is 1.94 bits per heavy atom. The third kappa shape index (κ3) is 3.54. The van der Waals surface area contributed by atoms with Gasteiger partial charge in [-0.25, -0.2) is 4.79 Å². The van der Waals surface area contributed by atoms with Crippen molar-refractivity contribution in [1.82, 2.24) is 5.06 Å². The minimum absolute atomic E-state index is 0.284. The summed E-state index contributed by atoms with van der Waals surface area (Å²) in [4.78, 5) is 11.7. The van der Waals surface area contributed by atoms with Crippen LogP contribution in [0.4, 0.5) is 0 Å². The molecular weight excluding hydrogens is 218 g/mol. The predicted molar refractivity (Wildman–Crippen MR) is 64.5 cm³/mol. The monoisotopic (exact) mass is 237 g/mol. The van der Waals surface area contributed by atoms with Crippen molar-refractivity contribution in [3.63, 3.8) is 0 Å². The third-order valence-electron chi connectivity index (χ3n) is 2.60. The van der Waals surface area contributed by atoms with Crippen LogP contribution in [0, 0.1) is 0 Å². The van der Waals surface area contributed by atoms with Gasteiger partial charge in [-0.1, -0.05) is 30.3 Å². The van der Waals surface area contributed by atoms with Crippen molar-refractivity contribution in [2.24, 2.45) is 0 Å². The number of carbonyl (C=O) groups is 1. The second kappa shape index (κ2) is 5.80. The Morgan fingerprint density at radius 3 is 2.47 bits per heavy atom. The van der Waals surface area contributed by atoms with Crippen LogP contribution in [0.2, 0.25) is 0 Å². The number of ether oxygens (including phenoxy) is 1. The molecule has 1 aromatic carbocycles. The molecule has 0 unspecified atom stereocenters. The minimum atomic E-state index is -1.05. The fraction of sp³-hybridized carbons (Fsp3) is 0.462. The van der Waals surface area contributed by atoms with Crippen molar-refractivity contribution in [2.75, 3.05) is 6.61 Å². The summed E-state index contributed by atoms with van der Waals surface area (Å²) in [6.07, 6.45) is 0. The van der Waals surface area contributed by atoms with Gasteiger partial charge in [0.1, 0.15) is 5.54 Å². The van der Waals surface area contributed by atoms with Crippen LogP contribution in [0.3, 0.4) is 0 Å². The van der Waals surface area contributed by atoms with Crippen molar-refractivity contribution in [3.8, 4) is 0 Å². The summed E-state index contributed by atoms with van der Waals surface area (Å²) in [5.74, 6) is -0.432. The van der Waals surface area contributed by atoms with E-state index in [0.717, 1.165) is 10.6 Å². The van der Waals surface area contributed by atoms with E-state index in [9.17, 15) is 10.0 Å². The molecule has 0 radical (unpaired) electrons. The summed E-state index contributed by atoms with van der Waals surface area (Å²) >= 11 is 0. The molecule has 1 aromatic rings. The van der Waals surface area contributed by atoms with Crippen molar-refractivity contribution in [2.45, 2.75) is 32.9 Å². The zero-order valence-electron chi connectivity index (χ0n) is 10.5.